The molecule has 2 aliphatic rings. The van der Waals surface area contributed by atoms with E-state index in [1.165, 1.54) is 24.0 Å². The molecule has 3 heteroatoms. The maximum Gasteiger partial charge on any atom is 0.223 e. The molecule has 1 aromatic rings. The van der Waals surface area contributed by atoms with Crippen molar-refractivity contribution in [3.05, 3.63) is 35.4 Å². The molecule has 1 amide bonds. The molecule has 0 saturated heterocycles. The summed E-state index contributed by atoms with van der Waals surface area (Å²) < 4.78 is 0. The van der Waals surface area contributed by atoms with E-state index in [0.29, 0.717) is 10.9 Å². The van der Waals surface area contributed by atoms with Crippen molar-refractivity contribution in [2.24, 2.45) is 5.92 Å². The number of alkyl halides is 1. The van der Waals surface area contributed by atoms with Crippen molar-refractivity contribution in [2.45, 2.75) is 49.4 Å². The molecule has 0 aromatic heterocycles. The zero-order chi connectivity index (χ0) is 13.2. The largest absolute Gasteiger partial charge is 0.353 e. The van der Waals surface area contributed by atoms with Crippen molar-refractivity contribution in [3.8, 4) is 0 Å². The Kier molecular flexibility index (Phi) is 3.92. The number of hydrogen-bond acceptors (Lipinski definition) is 1. The summed E-state index contributed by atoms with van der Waals surface area (Å²) >= 11 is 3.65. The first-order chi connectivity index (χ1) is 9.22. The van der Waals surface area contributed by atoms with Gasteiger partial charge in [-0.25, -0.2) is 0 Å². The summed E-state index contributed by atoms with van der Waals surface area (Å²) in [5, 5.41) is 3.26. The Morgan fingerprint density at radius 2 is 1.63 bits per heavy atom. The fraction of sp³-hybridized carbons (Fsp3) is 0.562. The Morgan fingerprint density at radius 3 is 2.21 bits per heavy atom. The van der Waals surface area contributed by atoms with Gasteiger partial charge >= 0.3 is 0 Å². The van der Waals surface area contributed by atoms with Gasteiger partial charge in [0.1, 0.15) is 0 Å². The van der Waals surface area contributed by atoms with Gasteiger partial charge in [-0.3, -0.25) is 4.79 Å². The van der Waals surface area contributed by atoms with E-state index in [1.54, 1.807) is 0 Å². The number of carbonyl (C=O) groups is 1. The Hall–Kier alpha value is -0.830. The van der Waals surface area contributed by atoms with E-state index in [4.69, 9.17) is 0 Å². The van der Waals surface area contributed by atoms with Gasteiger partial charge in [0.2, 0.25) is 5.91 Å². The molecule has 1 N–H and O–H groups in total. The summed E-state index contributed by atoms with van der Waals surface area (Å²) in [6.07, 6.45) is 6.40. The van der Waals surface area contributed by atoms with Crippen LogP contribution in [0.15, 0.2) is 24.3 Å². The van der Waals surface area contributed by atoms with Crippen molar-refractivity contribution in [3.63, 3.8) is 0 Å². The van der Waals surface area contributed by atoms with Crippen molar-refractivity contribution in [1.82, 2.24) is 5.32 Å². The molecule has 1 aromatic carbocycles. The van der Waals surface area contributed by atoms with Crippen LogP contribution in [0.1, 0.15) is 36.8 Å². The molecule has 0 heterocycles. The van der Waals surface area contributed by atoms with Gasteiger partial charge in [-0.1, -0.05) is 40.2 Å². The molecule has 0 spiro atoms. The molecule has 3 rings (SSSR count). The first-order valence-corrected chi connectivity index (χ1v) is 8.15. The number of rotatable bonds is 2. The average molecular weight is 322 g/mol. The second-order valence-corrected chi connectivity index (χ2v) is 7.13. The molecule has 0 radical (unpaired) electrons. The van der Waals surface area contributed by atoms with E-state index in [9.17, 15) is 4.79 Å². The van der Waals surface area contributed by atoms with Crippen LogP contribution in [0.25, 0.3) is 0 Å². The Balaban J connectivity index is 1.55. The highest BCUT2D eigenvalue weighted by atomic mass is 79.9. The van der Waals surface area contributed by atoms with E-state index in [0.717, 1.165) is 25.7 Å². The standard InChI is InChI=1S/C16H20BrNO/c17-14-5-7-15(8-6-14)18-16(19)13-9-11-3-1-2-4-12(11)10-13/h1-4,13-15H,5-10H2,(H,18,19). The number of benzene rings is 1. The van der Waals surface area contributed by atoms with E-state index in [1.807, 2.05) is 0 Å². The quantitative estimate of drug-likeness (QED) is 0.832. The van der Waals surface area contributed by atoms with E-state index in [-0.39, 0.29) is 11.8 Å². The number of nitrogens with one attached hydrogen (secondary N) is 1. The summed E-state index contributed by atoms with van der Waals surface area (Å²) in [6, 6.07) is 8.83. The van der Waals surface area contributed by atoms with Crippen LogP contribution in [0.4, 0.5) is 0 Å². The number of hydrogen-bond donors (Lipinski definition) is 1. The van der Waals surface area contributed by atoms with Crippen LogP contribution in [0, 0.1) is 5.92 Å². The Morgan fingerprint density at radius 1 is 1.05 bits per heavy atom. The van der Waals surface area contributed by atoms with Gasteiger partial charge < -0.3 is 5.32 Å². The molecule has 19 heavy (non-hydrogen) atoms. The number of fused-ring (bicyclic) bond motifs is 1. The average Bonchev–Trinajstić information content (AvgIpc) is 2.85. The maximum absolute atomic E-state index is 12.3. The van der Waals surface area contributed by atoms with E-state index in [2.05, 4.69) is 45.5 Å². The minimum atomic E-state index is 0.152. The third-order valence-electron chi connectivity index (χ3n) is 4.42. The summed E-state index contributed by atoms with van der Waals surface area (Å²) in [7, 11) is 0. The van der Waals surface area contributed by atoms with Crippen LogP contribution < -0.4 is 5.32 Å². The molecule has 1 fully saturated rings. The smallest absolute Gasteiger partial charge is 0.223 e. The number of carbonyl (C=O) groups excluding carboxylic acids is 1. The molecule has 0 bridgehead atoms. The summed E-state index contributed by atoms with van der Waals surface area (Å²) in [4.78, 5) is 13.0. The minimum absolute atomic E-state index is 0.152. The Bertz CT molecular complexity index is 441. The fourth-order valence-corrected chi connectivity index (χ4v) is 3.79. The highest BCUT2D eigenvalue weighted by molar-refractivity contribution is 9.09. The lowest BCUT2D eigenvalue weighted by Gasteiger charge is -2.27. The predicted molar refractivity (Wildman–Crippen MR) is 80.5 cm³/mol. The molecule has 0 atom stereocenters. The molecule has 0 unspecified atom stereocenters. The molecule has 1 saturated carbocycles. The van der Waals surface area contributed by atoms with E-state index >= 15 is 0 Å². The van der Waals surface area contributed by atoms with E-state index < -0.39 is 0 Å². The number of amides is 1. The lowest BCUT2D eigenvalue weighted by atomic mass is 9.94. The highest BCUT2D eigenvalue weighted by Crippen LogP contribution is 2.28. The van der Waals surface area contributed by atoms with Crippen molar-refractivity contribution in [1.29, 1.82) is 0 Å². The fourth-order valence-electron chi connectivity index (χ4n) is 3.26. The van der Waals surface area contributed by atoms with Crippen molar-refractivity contribution < 1.29 is 4.79 Å². The summed E-state index contributed by atoms with van der Waals surface area (Å²) in [5.41, 5.74) is 2.71. The van der Waals surface area contributed by atoms with Gasteiger partial charge in [0.25, 0.3) is 0 Å². The zero-order valence-electron chi connectivity index (χ0n) is 11.1. The second kappa shape index (κ2) is 5.66. The summed E-state index contributed by atoms with van der Waals surface area (Å²) in [5.74, 6) is 0.410. The van der Waals surface area contributed by atoms with Crippen LogP contribution in [-0.4, -0.2) is 16.8 Å². The van der Waals surface area contributed by atoms with Crippen LogP contribution >= 0.6 is 15.9 Å². The predicted octanol–water partition coefficient (Wildman–Crippen LogP) is 3.22. The van der Waals surface area contributed by atoms with Crippen LogP contribution in [-0.2, 0) is 17.6 Å². The van der Waals surface area contributed by atoms with Gasteiger partial charge in [-0.05, 0) is 49.7 Å². The minimum Gasteiger partial charge on any atom is -0.353 e. The van der Waals surface area contributed by atoms with Gasteiger partial charge in [0.05, 0.1) is 0 Å². The maximum atomic E-state index is 12.3. The lowest BCUT2D eigenvalue weighted by Crippen LogP contribution is -2.41. The first-order valence-electron chi connectivity index (χ1n) is 7.23. The highest BCUT2D eigenvalue weighted by Gasteiger charge is 2.29. The SMILES string of the molecule is O=C(NC1CCC(Br)CC1)C1Cc2ccccc2C1. The number of halogens is 1. The lowest BCUT2D eigenvalue weighted by molar-refractivity contribution is -0.125. The molecule has 0 aliphatic heterocycles. The second-order valence-electron chi connectivity index (χ2n) is 5.83. The first kappa shape index (κ1) is 13.2. The van der Waals surface area contributed by atoms with Gasteiger partial charge in [0.15, 0.2) is 0 Å². The van der Waals surface area contributed by atoms with Crippen molar-refractivity contribution in [2.75, 3.05) is 0 Å². The van der Waals surface area contributed by atoms with Gasteiger partial charge in [0, 0.05) is 16.8 Å². The normalized spacial score (nSPS) is 27.0. The van der Waals surface area contributed by atoms with Crippen molar-refractivity contribution >= 4 is 21.8 Å². The molecule has 102 valence electrons. The van der Waals surface area contributed by atoms with Crippen LogP contribution in [0.3, 0.4) is 0 Å². The van der Waals surface area contributed by atoms with Gasteiger partial charge in [-0.15, -0.1) is 0 Å². The zero-order valence-corrected chi connectivity index (χ0v) is 12.7. The third kappa shape index (κ3) is 3.02. The van der Waals surface area contributed by atoms with Crippen LogP contribution in [0.2, 0.25) is 0 Å². The topological polar surface area (TPSA) is 29.1 Å². The Labute approximate surface area is 123 Å². The molecule has 2 aliphatic carbocycles. The van der Waals surface area contributed by atoms with Gasteiger partial charge in [-0.2, -0.15) is 0 Å². The molecular weight excluding hydrogens is 302 g/mol. The monoisotopic (exact) mass is 321 g/mol. The van der Waals surface area contributed by atoms with Crippen LogP contribution in [0.5, 0.6) is 0 Å². The molecular formula is C16H20BrNO. The third-order valence-corrected chi connectivity index (χ3v) is 5.34. The molecule has 2 nitrogen and oxygen atoms in total. The summed E-state index contributed by atoms with van der Waals surface area (Å²) in [6.45, 7) is 0.